The maximum Gasteiger partial charge on any atom is 0.0101 e. The van der Waals surface area contributed by atoms with Gasteiger partial charge in [-0.05, 0) is 40.0 Å². The number of hydrogen-bond acceptors (Lipinski definition) is 2. The Bertz CT molecular complexity index is 93.6. The van der Waals surface area contributed by atoms with Gasteiger partial charge in [-0.25, -0.2) is 0 Å². The molecule has 0 aromatic rings. The van der Waals surface area contributed by atoms with Crippen LogP contribution in [0.4, 0.5) is 0 Å². The highest BCUT2D eigenvalue weighted by molar-refractivity contribution is 4.70. The van der Waals surface area contributed by atoms with Crippen molar-refractivity contribution in [2.75, 3.05) is 27.2 Å². The second-order valence-corrected chi connectivity index (χ2v) is 3.35. The van der Waals surface area contributed by atoms with Gasteiger partial charge in [-0.15, -0.1) is 0 Å². The quantitative estimate of drug-likeness (QED) is 0.646. The topological polar surface area (TPSA) is 15.3 Å². The van der Waals surface area contributed by atoms with Crippen LogP contribution < -0.4 is 5.32 Å². The zero-order valence-corrected chi connectivity index (χ0v) is 8.52. The molecule has 11 heavy (non-hydrogen) atoms. The van der Waals surface area contributed by atoms with Crippen molar-refractivity contribution >= 4 is 0 Å². The molecule has 0 aliphatic rings. The standard InChI is InChI=1S/C9H22N2/c1-6-11(5)9(3)8(2)7-10-4/h8-10H,6-7H2,1-5H3. The minimum absolute atomic E-state index is 0.674. The molecule has 2 atom stereocenters. The summed E-state index contributed by atoms with van der Waals surface area (Å²) in [6, 6.07) is 0.674. The van der Waals surface area contributed by atoms with Gasteiger partial charge >= 0.3 is 0 Å². The third-order valence-corrected chi connectivity index (χ3v) is 2.54. The Balaban J connectivity index is 3.70. The summed E-state index contributed by atoms with van der Waals surface area (Å²) in [5.41, 5.74) is 0. The Morgan fingerprint density at radius 1 is 1.36 bits per heavy atom. The molecule has 0 saturated heterocycles. The van der Waals surface area contributed by atoms with E-state index in [0.717, 1.165) is 19.0 Å². The van der Waals surface area contributed by atoms with E-state index in [1.165, 1.54) is 0 Å². The molecule has 0 heterocycles. The highest BCUT2D eigenvalue weighted by Gasteiger charge is 2.14. The summed E-state index contributed by atoms with van der Waals surface area (Å²) in [6.07, 6.45) is 0. The Kier molecular flexibility index (Phi) is 5.51. The molecule has 0 rings (SSSR count). The monoisotopic (exact) mass is 158 g/mol. The molecule has 2 unspecified atom stereocenters. The highest BCUT2D eigenvalue weighted by Crippen LogP contribution is 2.06. The molecular weight excluding hydrogens is 136 g/mol. The van der Waals surface area contributed by atoms with Crippen LogP contribution in [0.5, 0.6) is 0 Å². The molecule has 0 saturated carbocycles. The average Bonchev–Trinajstić information content (AvgIpc) is 2.02. The van der Waals surface area contributed by atoms with Crippen molar-refractivity contribution < 1.29 is 0 Å². The largest absolute Gasteiger partial charge is 0.319 e. The molecule has 2 heteroatoms. The van der Waals surface area contributed by atoms with E-state index in [0.29, 0.717) is 6.04 Å². The van der Waals surface area contributed by atoms with Crippen molar-refractivity contribution in [3.05, 3.63) is 0 Å². The second kappa shape index (κ2) is 5.56. The number of rotatable bonds is 5. The zero-order valence-electron chi connectivity index (χ0n) is 8.52. The summed E-state index contributed by atoms with van der Waals surface area (Å²) in [5, 5.41) is 3.20. The Morgan fingerprint density at radius 3 is 2.27 bits per heavy atom. The van der Waals surface area contributed by atoms with Crippen molar-refractivity contribution in [3.63, 3.8) is 0 Å². The molecule has 2 nitrogen and oxygen atoms in total. The molecule has 0 bridgehead atoms. The summed E-state index contributed by atoms with van der Waals surface area (Å²) in [7, 11) is 4.19. The van der Waals surface area contributed by atoms with Crippen molar-refractivity contribution in [2.45, 2.75) is 26.8 Å². The molecule has 0 fully saturated rings. The fourth-order valence-corrected chi connectivity index (χ4v) is 1.21. The molecule has 0 aliphatic carbocycles. The first kappa shape index (κ1) is 10.9. The maximum atomic E-state index is 3.20. The minimum atomic E-state index is 0.674. The molecule has 0 aliphatic heterocycles. The van der Waals surface area contributed by atoms with Gasteiger partial charge in [0.1, 0.15) is 0 Å². The summed E-state index contributed by atoms with van der Waals surface area (Å²) in [5.74, 6) is 0.727. The summed E-state index contributed by atoms with van der Waals surface area (Å²) in [6.45, 7) is 9.00. The van der Waals surface area contributed by atoms with E-state index in [9.17, 15) is 0 Å². The molecule has 0 amide bonds. The van der Waals surface area contributed by atoms with Crippen LogP contribution in [0.1, 0.15) is 20.8 Å². The molecule has 0 aromatic carbocycles. The molecule has 1 N–H and O–H groups in total. The van der Waals surface area contributed by atoms with Crippen LogP contribution in [0.2, 0.25) is 0 Å². The smallest absolute Gasteiger partial charge is 0.0101 e. The first-order valence-corrected chi connectivity index (χ1v) is 4.48. The average molecular weight is 158 g/mol. The van der Waals surface area contributed by atoms with Gasteiger partial charge in [-0.1, -0.05) is 13.8 Å². The van der Waals surface area contributed by atoms with Gasteiger partial charge in [0.25, 0.3) is 0 Å². The van der Waals surface area contributed by atoms with E-state index < -0.39 is 0 Å². The first-order valence-electron chi connectivity index (χ1n) is 4.48. The zero-order chi connectivity index (χ0) is 8.85. The van der Waals surface area contributed by atoms with Crippen LogP contribution in [0.25, 0.3) is 0 Å². The van der Waals surface area contributed by atoms with Gasteiger partial charge in [0.2, 0.25) is 0 Å². The van der Waals surface area contributed by atoms with Gasteiger partial charge in [0.15, 0.2) is 0 Å². The van der Waals surface area contributed by atoms with E-state index in [4.69, 9.17) is 0 Å². The normalized spacial score (nSPS) is 16.9. The lowest BCUT2D eigenvalue weighted by Crippen LogP contribution is -2.38. The van der Waals surface area contributed by atoms with Crippen molar-refractivity contribution in [1.82, 2.24) is 10.2 Å². The van der Waals surface area contributed by atoms with E-state index in [-0.39, 0.29) is 0 Å². The molecule has 0 radical (unpaired) electrons. The third-order valence-electron chi connectivity index (χ3n) is 2.54. The van der Waals surface area contributed by atoms with Crippen LogP contribution in [0.15, 0.2) is 0 Å². The first-order chi connectivity index (χ1) is 5.13. The Hall–Kier alpha value is -0.0800. The molecule has 0 aromatic heterocycles. The summed E-state index contributed by atoms with van der Waals surface area (Å²) in [4.78, 5) is 2.38. The van der Waals surface area contributed by atoms with Crippen LogP contribution >= 0.6 is 0 Å². The van der Waals surface area contributed by atoms with Gasteiger partial charge in [-0.3, -0.25) is 0 Å². The molecular formula is C9H22N2. The van der Waals surface area contributed by atoms with Crippen LogP contribution in [0, 0.1) is 5.92 Å². The lowest BCUT2D eigenvalue weighted by molar-refractivity contribution is 0.207. The number of nitrogens with one attached hydrogen (secondary N) is 1. The van der Waals surface area contributed by atoms with Gasteiger partial charge in [0, 0.05) is 6.04 Å². The fraction of sp³-hybridized carbons (Fsp3) is 1.00. The van der Waals surface area contributed by atoms with Gasteiger partial charge < -0.3 is 10.2 Å². The van der Waals surface area contributed by atoms with Crippen LogP contribution in [0.3, 0.4) is 0 Å². The minimum Gasteiger partial charge on any atom is -0.319 e. The maximum absolute atomic E-state index is 3.20. The fourth-order valence-electron chi connectivity index (χ4n) is 1.21. The van der Waals surface area contributed by atoms with Gasteiger partial charge in [0.05, 0.1) is 0 Å². The predicted molar refractivity (Wildman–Crippen MR) is 50.9 cm³/mol. The highest BCUT2D eigenvalue weighted by atomic mass is 15.1. The van der Waals surface area contributed by atoms with Crippen molar-refractivity contribution in [2.24, 2.45) is 5.92 Å². The Morgan fingerprint density at radius 2 is 1.91 bits per heavy atom. The SMILES string of the molecule is CCN(C)C(C)C(C)CNC. The lowest BCUT2D eigenvalue weighted by Gasteiger charge is -2.28. The molecule has 0 spiro atoms. The lowest BCUT2D eigenvalue weighted by atomic mass is 10.0. The van der Waals surface area contributed by atoms with Crippen molar-refractivity contribution in [3.8, 4) is 0 Å². The van der Waals surface area contributed by atoms with Crippen molar-refractivity contribution in [1.29, 1.82) is 0 Å². The van der Waals surface area contributed by atoms with E-state index in [2.05, 4.69) is 38.0 Å². The summed E-state index contributed by atoms with van der Waals surface area (Å²) < 4.78 is 0. The molecule has 68 valence electrons. The second-order valence-electron chi connectivity index (χ2n) is 3.35. The van der Waals surface area contributed by atoms with E-state index >= 15 is 0 Å². The van der Waals surface area contributed by atoms with E-state index in [1.54, 1.807) is 0 Å². The predicted octanol–water partition coefficient (Wildman–Crippen LogP) is 1.18. The van der Waals surface area contributed by atoms with Gasteiger partial charge in [-0.2, -0.15) is 0 Å². The van der Waals surface area contributed by atoms with Crippen LogP contribution in [-0.4, -0.2) is 38.1 Å². The van der Waals surface area contributed by atoms with E-state index in [1.807, 2.05) is 7.05 Å². The Labute approximate surface area is 71.0 Å². The third kappa shape index (κ3) is 3.73. The number of nitrogens with zero attached hydrogens (tertiary/aromatic N) is 1. The number of hydrogen-bond donors (Lipinski definition) is 1. The van der Waals surface area contributed by atoms with Crippen LogP contribution in [-0.2, 0) is 0 Å². The summed E-state index contributed by atoms with van der Waals surface area (Å²) >= 11 is 0.